The van der Waals surface area contributed by atoms with Crippen LogP contribution < -0.4 is 5.32 Å². The summed E-state index contributed by atoms with van der Waals surface area (Å²) in [6, 6.07) is 11.5. The molecule has 7 nitrogen and oxygen atoms in total. The summed E-state index contributed by atoms with van der Waals surface area (Å²) in [5, 5.41) is 7.79. The van der Waals surface area contributed by atoms with Crippen molar-refractivity contribution in [2.75, 3.05) is 18.4 Å². The van der Waals surface area contributed by atoms with Gasteiger partial charge in [0.15, 0.2) is 0 Å². The largest absolute Gasteiger partial charge is 0.370 e. The number of fused-ring (bicyclic) bond motifs is 1. The lowest BCUT2D eigenvalue weighted by molar-refractivity contribution is 0.0724. The number of rotatable bonds is 4. The van der Waals surface area contributed by atoms with E-state index in [0.29, 0.717) is 25.2 Å². The number of hydrogen-bond donors (Lipinski definition) is 1. The summed E-state index contributed by atoms with van der Waals surface area (Å²) in [5.41, 5.74) is 2.56. The van der Waals surface area contributed by atoms with Crippen LogP contribution in [0.3, 0.4) is 0 Å². The number of nitrogens with zero attached hydrogens (tertiary/aromatic N) is 5. The number of pyridine rings is 2. The molecular weight excluding hydrogens is 340 g/mol. The Morgan fingerprint density at radius 1 is 1.15 bits per heavy atom. The molecule has 27 heavy (non-hydrogen) atoms. The average Bonchev–Trinajstić information content (AvgIpc) is 3.05. The SMILES string of the molecule is Cc1ccc(C(=O)N2Cc3ccnn3C[C@@H](CNc3ccccn3)C2)cn1. The van der Waals surface area contributed by atoms with E-state index in [2.05, 4.69) is 20.4 Å². The number of carbonyl (C=O) groups is 1. The highest BCUT2D eigenvalue weighted by molar-refractivity contribution is 5.93. The molecule has 1 N–H and O–H groups in total. The zero-order valence-electron chi connectivity index (χ0n) is 15.2. The number of nitrogens with one attached hydrogen (secondary N) is 1. The molecule has 0 saturated carbocycles. The Morgan fingerprint density at radius 3 is 2.85 bits per heavy atom. The van der Waals surface area contributed by atoms with Crippen LogP contribution in [0.5, 0.6) is 0 Å². The second-order valence-electron chi connectivity index (χ2n) is 6.84. The third-order valence-electron chi connectivity index (χ3n) is 4.75. The van der Waals surface area contributed by atoms with Crippen molar-refractivity contribution in [1.29, 1.82) is 0 Å². The fourth-order valence-corrected chi connectivity index (χ4v) is 3.31. The molecule has 0 spiro atoms. The van der Waals surface area contributed by atoms with Crippen LogP contribution in [-0.4, -0.2) is 43.6 Å². The summed E-state index contributed by atoms with van der Waals surface area (Å²) in [4.78, 5) is 23.5. The topological polar surface area (TPSA) is 75.9 Å². The molecule has 1 atom stereocenters. The number of amides is 1. The Hall–Kier alpha value is -3.22. The van der Waals surface area contributed by atoms with Crippen molar-refractivity contribution in [3.8, 4) is 0 Å². The maximum atomic E-state index is 13.0. The lowest BCUT2D eigenvalue weighted by Crippen LogP contribution is -2.36. The van der Waals surface area contributed by atoms with Gasteiger partial charge in [-0.15, -0.1) is 0 Å². The van der Waals surface area contributed by atoms with Crippen molar-refractivity contribution >= 4 is 11.7 Å². The fourth-order valence-electron chi connectivity index (χ4n) is 3.31. The highest BCUT2D eigenvalue weighted by Crippen LogP contribution is 2.19. The van der Waals surface area contributed by atoms with E-state index in [9.17, 15) is 4.79 Å². The Labute approximate surface area is 158 Å². The molecule has 4 rings (SSSR count). The minimum absolute atomic E-state index is 0.0000129. The van der Waals surface area contributed by atoms with E-state index in [1.165, 1.54) is 0 Å². The first-order chi connectivity index (χ1) is 13.2. The van der Waals surface area contributed by atoms with Gasteiger partial charge in [-0.3, -0.25) is 14.5 Å². The molecule has 3 aromatic heterocycles. The summed E-state index contributed by atoms with van der Waals surface area (Å²) in [6.07, 6.45) is 5.21. The molecule has 0 aromatic carbocycles. The van der Waals surface area contributed by atoms with Gasteiger partial charge in [0.2, 0.25) is 0 Å². The molecule has 1 aliphatic heterocycles. The molecule has 0 fully saturated rings. The van der Waals surface area contributed by atoms with Gasteiger partial charge >= 0.3 is 0 Å². The van der Waals surface area contributed by atoms with Crippen LogP contribution in [0, 0.1) is 12.8 Å². The van der Waals surface area contributed by atoms with Crippen molar-refractivity contribution in [2.45, 2.75) is 20.0 Å². The second kappa shape index (κ2) is 7.57. The first-order valence-corrected chi connectivity index (χ1v) is 9.06. The van der Waals surface area contributed by atoms with Crippen LogP contribution in [0.15, 0.2) is 55.0 Å². The Kier molecular flexibility index (Phi) is 4.82. The van der Waals surface area contributed by atoms with Gasteiger partial charge in [0.25, 0.3) is 5.91 Å². The van der Waals surface area contributed by atoms with Crippen LogP contribution in [0.1, 0.15) is 21.7 Å². The van der Waals surface area contributed by atoms with E-state index in [-0.39, 0.29) is 11.8 Å². The first-order valence-electron chi connectivity index (χ1n) is 9.06. The minimum atomic E-state index is -0.0000129. The van der Waals surface area contributed by atoms with Gasteiger partial charge in [0.1, 0.15) is 5.82 Å². The third kappa shape index (κ3) is 3.97. The molecular formula is C20H22N6O. The molecule has 0 aliphatic carbocycles. The number of carbonyl (C=O) groups excluding carboxylic acids is 1. The van der Waals surface area contributed by atoms with Gasteiger partial charge in [-0.25, -0.2) is 4.98 Å². The second-order valence-corrected chi connectivity index (χ2v) is 6.84. The van der Waals surface area contributed by atoms with Crippen molar-refractivity contribution in [2.24, 2.45) is 5.92 Å². The minimum Gasteiger partial charge on any atom is -0.370 e. The summed E-state index contributed by atoms with van der Waals surface area (Å²) in [5.74, 6) is 1.05. The summed E-state index contributed by atoms with van der Waals surface area (Å²) >= 11 is 0. The van der Waals surface area contributed by atoms with Crippen LogP contribution >= 0.6 is 0 Å². The van der Waals surface area contributed by atoms with Crippen LogP contribution in [0.2, 0.25) is 0 Å². The smallest absolute Gasteiger partial charge is 0.255 e. The van der Waals surface area contributed by atoms with Crippen molar-refractivity contribution in [3.63, 3.8) is 0 Å². The van der Waals surface area contributed by atoms with E-state index in [1.54, 1.807) is 18.6 Å². The molecule has 3 aromatic rings. The van der Waals surface area contributed by atoms with E-state index in [1.807, 2.05) is 52.9 Å². The van der Waals surface area contributed by atoms with Crippen molar-refractivity contribution in [3.05, 3.63) is 71.9 Å². The van der Waals surface area contributed by atoms with Gasteiger partial charge < -0.3 is 10.2 Å². The van der Waals surface area contributed by atoms with Crippen molar-refractivity contribution in [1.82, 2.24) is 24.6 Å². The Balaban J connectivity index is 1.53. The number of hydrogen-bond acceptors (Lipinski definition) is 5. The quantitative estimate of drug-likeness (QED) is 0.771. The standard InChI is InChI=1S/C20H22N6O/c1-15-5-6-17(11-22-15)20(27)25-12-16(10-23-19-4-2-3-8-21-19)13-26-18(14-25)7-9-24-26/h2-9,11,16H,10,12-14H2,1H3,(H,21,23)/t16-/m0/s1. The predicted octanol–water partition coefficient (Wildman–Crippen LogP) is 2.37. The monoisotopic (exact) mass is 362 g/mol. The predicted molar refractivity (Wildman–Crippen MR) is 102 cm³/mol. The summed E-state index contributed by atoms with van der Waals surface area (Å²) < 4.78 is 1.99. The van der Waals surface area contributed by atoms with Gasteiger partial charge in [-0.05, 0) is 37.3 Å². The highest BCUT2D eigenvalue weighted by atomic mass is 16.2. The van der Waals surface area contributed by atoms with E-state index < -0.39 is 0 Å². The Morgan fingerprint density at radius 2 is 2.07 bits per heavy atom. The highest BCUT2D eigenvalue weighted by Gasteiger charge is 2.26. The zero-order valence-corrected chi connectivity index (χ0v) is 15.2. The molecule has 138 valence electrons. The van der Waals surface area contributed by atoms with E-state index in [0.717, 1.165) is 23.8 Å². The molecule has 0 unspecified atom stereocenters. The van der Waals surface area contributed by atoms with Crippen LogP contribution in [0.4, 0.5) is 5.82 Å². The lowest BCUT2D eigenvalue weighted by Gasteiger charge is -2.24. The summed E-state index contributed by atoms with van der Waals surface area (Å²) in [6.45, 7) is 4.59. The molecule has 0 saturated heterocycles. The third-order valence-corrected chi connectivity index (χ3v) is 4.75. The molecule has 1 amide bonds. The number of aromatic nitrogens is 4. The number of aryl methyl sites for hydroxylation is 1. The van der Waals surface area contributed by atoms with Gasteiger partial charge in [0, 0.05) is 49.8 Å². The van der Waals surface area contributed by atoms with Gasteiger partial charge in [-0.2, -0.15) is 5.10 Å². The lowest BCUT2D eigenvalue weighted by atomic mass is 10.1. The maximum absolute atomic E-state index is 13.0. The molecule has 0 bridgehead atoms. The Bertz CT molecular complexity index is 906. The van der Waals surface area contributed by atoms with Crippen LogP contribution in [-0.2, 0) is 13.1 Å². The maximum Gasteiger partial charge on any atom is 0.255 e. The van der Waals surface area contributed by atoms with Gasteiger partial charge in [-0.1, -0.05) is 6.07 Å². The van der Waals surface area contributed by atoms with E-state index >= 15 is 0 Å². The molecule has 7 heteroatoms. The molecule has 1 aliphatic rings. The first kappa shape index (κ1) is 17.2. The van der Waals surface area contributed by atoms with Gasteiger partial charge in [0.05, 0.1) is 17.8 Å². The summed E-state index contributed by atoms with van der Waals surface area (Å²) in [7, 11) is 0. The van der Waals surface area contributed by atoms with Crippen molar-refractivity contribution < 1.29 is 4.79 Å². The normalized spacial score (nSPS) is 16.5. The number of anilines is 1. The zero-order chi connectivity index (χ0) is 18.6. The fraction of sp³-hybridized carbons (Fsp3) is 0.300. The van der Waals surface area contributed by atoms with E-state index in [4.69, 9.17) is 0 Å². The average molecular weight is 362 g/mol. The molecule has 4 heterocycles. The molecule has 0 radical (unpaired) electrons. The van der Waals surface area contributed by atoms with Crippen LogP contribution in [0.25, 0.3) is 0 Å².